The Kier molecular flexibility index (Phi) is 4.90. The fourth-order valence-electron chi connectivity index (χ4n) is 2.76. The number of phenols is 1. The summed E-state index contributed by atoms with van der Waals surface area (Å²) < 4.78 is 0.809. The molecule has 1 aromatic heterocycles. The molecule has 1 amide bonds. The van der Waals surface area contributed by atoms with Crippen molar-refractivity contribution in [2.75, 3.05) is 26.2 Å². The Morgan fingerprint density at radius 1 is 1.22 bits per heavy atom. The number of benzene rings is 1. The number of nitrogens with zero attached hydrogens (tertiary/aromatic N) is 2. The molecule has 122 valence electrons. The molecule has 0 unspecified atom stereocenters. The van der Waals surface area contributed by atoms with E-state index in [0.29, 0.717) is 18.7 Å². The molecule has 2 aromatic rings. The van der Waals surface area contributed by atoms with E-state index in [4.69, 9.17) is 11.6 Å². The summed E-state index contributed by atoms with van der Waals surface area (Å²) in [6, 6.07) is 9.10. The number of carbonyl (C=O) groups is 1. The van der Waals surface area contributed by atoms with Crippen molar-refractivity contribution < 1.29 is 9.90 Å². The molecule has 6 heteroatoms. The van der Waals surface area contributed by atoms with Crippen LogP contribution in [0.3, 0.4) is 0 Å². The van der Waals surface area contributed by atoms with E-state index in [1.165, 1.54) is 4.88 Å². The van der Waals surface area contributed by atoms with Crippen LogP contribution in [0.5, 0.6) is 5.75 Å². The van der Waals surface area contributed by atoms with Crippen LogP contribution in [0.4, 0.5) is 0 Å². The average molecular weight is 351 g/mol. The first-order valence-corrected chi connectivity index (χ1v) is 8.78. The molecule has 0 spiro atoms. The smallest absolute Gasteiger partial charge is 0.257 e. The number of piperazine rings is 1. The predicted octanol–water partition coefficient (Wildman–Crippen LogP) is 3.37. The van der Waals surface area contributed by atoms with Gasteiger partial charge in [0.05, 0.1) is 9.90 Å². The minimum absolute atomic E-state index is 0.0521. The highest BCUT2D eigenvalue weighted by Crippen LogP contribution is 2.24. The number of carbonyl (C=O) groups excluding carboxylic acids is 1. The lowest BCUT2D eigenvalue weighted by molar-refractivity contribution is 0.0626. The molecule has 1 saturated heterocycles. The van der Waals surface area contributed by atoms with Gasteiger partial charge in [-0.2, -0.15) is 0 Å². The van der Waals surface area contributed by atoms with Crippen LogP contribution in [-0.2, 0) is 6.54 Å². The summed E-state index contributed by atoms with van der Waals surface area (Å²) in [6.45, 7) is 5.79. The molecule has 1 fully saturated rings. The second-order valence-electron chi connectivity index (χ2n) is 5.79. The first-order valence-electron chi connectivity index (χ1n) is 7.58. The standard InChI is InChI=1S/C17H19ClN2O2S/c1-12-2-4-15(21)14(10-12)17(22)20-8-6-19(7-9-20)11-13-3-5-16(18)23-13/h2-5,10,21H,6-9,11H2,1H3. The maximum absolute atomic E-state index is 12.6. The lowest BCUT2D eigenvalue weighted by atomic mass is 10.1. The first-order chi connectivity index (χ1) is 11.0. The Morgan fingerprint density at radius 2 is 1.96 bits per heavy atom. The Bertz CT molecular complexity index is 708. The van der Waals surface area contributed by atoms with Crippen LogP contribution in [0.1, 0.15) is 20.8 Å². The number of halogens is 1. The Labute approximate surface area is 144 Å². The van der Waals surface area contributed by atoms with Crippen LogP contribution in [0, 0.1) is 6.92 Å². The van der Waals surface area contributed by atoms with Gasteiger partial charge in [-0.25, -0.2) is 0 Å². The molecule has 2 heterocycles. The van der Waals surface area contributed by atoms with Crippen molar-refractivity contribution >= 4 is 28.8 Å². The topological polar surface area (TPSA) is 43.8 Å². The number of aromatic hydroxyl groups is 1. The summed E-state index contributed by atoms with van der Waals surface area (Å²) in [5.41, 5.74) is 1.36. The third kappa shape index (κ3) is 3.86. The quantitative estimate of drug-likeness (QED) is 0.923. The van der Waals surface area contributed by atoms with Crippen molar-refractivity contribution in [3.8, 4) is 5.75 Å². The van der Waals surface area contributed by atoms with Gasteiger partial charge in [0, 0.05) is 37.6 Å². The number of aryl methyl sites for hydroxylation is 1. The summed E-state index contributed by atoms with van der Waals surface area (Å²) in [7, 11) is 0. The number of amides is 1. The van der Waals surface area contributed by atoms with Gasteiger partial charge in [0.25, 0.3) is 5.91 Å². The van der Waals surface area contributed by atoms with Gasteiger partial charge in [-0.3, -0.25) is 9.69 Å². The van der Waals surface area contributed by atoms with Gasteiger partial charge in [-0.15, -0.1) is 11.3 Å². The van der Waals surface area contributed by atoms with Gasteiger partial charge in [0.15, 0.2) is 0 Å². The summed E-state index contributed by atoms with van der Waals surface area (Å²) in [4.78, 5) is 17.9. The number of phenolic OH excluding ortho intramolecular Hbond substituents is 1. The summed E-state index contributed by atoms with van der Waals surface area (Å²) in [6.07, 6.45) is 0. The second kappa shape index (κ2) is 6.91. The molecule has 1 N–H and O–H groups in total. The normalized spacial score (nSPS) is 15.8. The van der Waals surface area contributed by atoms with Crippen LogP contribution in [-0.4, -0.2) is 47.0 Å². The molecule has 0 bridgehead atoms. The zero-order valence-corrected chi connectivity index (χ0v) is 14.5. The van der Waals surface area contributed by atoms with Crippen LogP contribution < -0.4 is 0 Å². The summed E-state index contributed by atoms with van der Waals surface area (Å²) >= 11 is 7.56. The number of rotatable bonds is 3. The number of hydrogen-bond acceptors (Lipinski definition) is 4. The Hall–Kier alpha value is -1.56. The molecule has 0 atom stereocenters. The fourth-order valence-corrected chi connectivity index (χ4v) is 3.89. The van der Waals surface area contributed by atoms with Gasteiger partial charge in [0.2, 0.25) is 0 Å². The third-order valence-electron chi connectivity index (χ3n) is 4.05. The molecular weight excluding hydrogens is 332 g/mol. The lowest BCUT2D eigenvalue weighted by Crippen LogP contribution is -2.48. The highest BCUT2D eigenvalue weighted by molar-refractivity contribution is 7.16. The SMILES string of the molecule is Cc1ccc(O)c(C(=O)N2CCN(Cc3ccc(Cl)s3)CC2)c1. The third-order valence-corrected chi connectivity index (χ3v) is 5.27. The van der Waals surface area contributed by atoms with Gasteiger partial charge in [-0.05, 0) is 31.2 Å². The predicted molar refractivity (Wildman–Crippen MR) is 93.4 cm³/mol. The molecule has 4 nitrogen and oxygen atoms in total. The second-order valence-corrected chi connectivity index (χ2v) is 7.59. The maximum atomic E-state index is 12.6. The van der Waals surface area contributed by atoms with Gasteiger partial charge >= 0.3 is 0 Å². The Balaban J connectivity index is 1.60. The van der Waals surface area contributed by atoms with E-state index in [1.807, 2.05) is 17.9 Å². The monoisotopic (exact) mass is 350 g/mol. The number of thiophene rings is 1. The molecule has 1 aromatic carbocycles. The minimum atomic E-state index is -0.0926. The van der Waals surface area contributed by atoms with Crippen molar-refractivity contribution in [3.63, 3.8) is 0 Å². The largest absolute Gasteiger partial charge is 0.507 e. The molecule has 0 radical (unpaired) electrons. The van der Waals surface area contributed by atoms with E-state index in [0.717, 1.165) is 29.5 Å². The van der Waals surface area contributed by atoms with E-state index < -0.39 is 0 Å². The lowest BCUT2D eigenvalue weighted by Gasteiger charge is -2.34. The van der Waals surface area contributed by atoms with Crippen molar-refractivity contribution in [1.82, 2.24) is 9.80 Å². The van der Waals surface area contributed by atoms with E-state index in [2.05, 4.69) is 11.0 Å². The summed E-state index contributed by atoms with van der Waals surface area (Å²) in [5, 5.41) is 9.92. The highest BCUT2D eigenvalue weighted by Gasteiger charge is 2.24. The van der Waals surface area contributed by atoms with Crippen LogP contribution >= 0.6 is 22.9 Å². The van der Waals surface area contributed by atoms with E-state index in [-0.39, 0.29) is 11.7 Å². The van der Waals surface area contributed by atoms with Gasteiger partial charge < -0.3 is 10.0 Å². The summed E-state index contributed by atoms with van der Waals surface area (Å²) in [5.74, 6) is -0.0405. The van der Waals surface area contributed by atoms with E-state index >= 15 is 0 Å². The van der Waals surface area contributed by atoms with Crippen LogP contribution in [0.15, 0.2) is 30.3 Å². The van der Waals surface area contributed by atoms with Crippen molar-refractivity contribution in [1.29, 1.82) is 0 Å². The van der Waals surface area contributed by atoms with Gasteiger partial charge in [-0.1, -0.05) is 23.2 Å². The zero-order valence-electron chi connectivity index (χ0n) is 13.0. The molecule has 0 aliphatic carbocycles. The zero-order chi connectivity index (χ0) is 16.4. The highest BCUT2D eigenvalue weighted by atomic mass is 35.5. The van der Waals surface area contributed by atoms with Crippen LogP contribution in [0.2, 0.25) is 4.34 Å². The molecule has 1 aliphatic heterocycles. The average Bonchev–Trinajstić information content (AvgIpc) is 2.95. The molecule has 3 rings (SSSR count). The first kappa shape index (κ1) is 16.3. The molecule has 1 aliphatic rings. The van der Waals surface area contributed by atoms with E-state index in [1.54, 1.807) is 29.5 Å². The molecule has 0 saturated carbocycles. The van der Waals surface area contributed by atoms with E-state index in [9.17, 15) is 9.90 Å². The minimum Gasteiger partial charge on any atom is -0.507 e. The fraction of sp³-hybridized carbons (Fsp3) is 0.353. The molecule has 23 heavy (non-hydrogen) atoms. The van der Waals surface area contributed by atoms with Crippen molar-refractivity contribution in [2.24, 2.45) is 0 Å². The van der Waals surface area contributed by atoms with Crippen molar-refractivity contribution in [2.45, 2.75) is 13.5 Å². The number of hydrogen-bond donors (Lipinski definition) is 1. The maximum Gasteiger partial charge on any atom is 0.257 e. The van der Waals surface area contributed by atoms with Crippen LogP contribution in [0.25, 0.3) is 0 Å². The molecular formula is C17H19ClN2O2S. The van der Waals surface area contributed by atoms with Crippen molar-refractivity contribution in [3.05, 3.63) is 50.7 Å². The van der Waals surface area contributed by atoms with Gasteiger partial charge in [0.1, 0.15) is 5.75 Å². The Morgan fingerprint density at radius 3 is 2.61 bits per heavy atom.